The van der Waals surface area contributed by atoms with Gasteiger partial charge in [0.15, 0.2) is 0 Å². The van der Waals surface area contributed by atoms with E-state index in [1.54, 1.807) is 7.11 Å². The molecule has 0 atom stereocenters. The quantitative estimate of drug-likeness (QED) is 0.650. The van der Waals surface area contributed by atoms with Gasteiger partial charge in [-0.2, -0.15) is 0 Å². The predicted molar refractivity (Wildman–Crippen MR) is 87.8 cm³/mol. The third kappa shape index (κ3) is 4.12. The van der Waals surface area contributed by atoms with E-state index in [0.717, 1.165) is 22.6 Å². The molecule has 22 heavy (non-hydrogen) atoms. The van der Waals surface area contributed by atoms with E-state index in [4.69, 9.17) is 9.47 Å². The third-order valence-corrected chi connectivity index (χ3v) is 3.07. The molecule has 0 aliphatic carbocycles. The summed E-state index contributed by atoms with van der Waals surface area (Å²) in [5, 5.41) is 2.86. The Balaban J connectivity index is 2.20. The van der Waals surface area contributed by atoms with Crippen LogP contribution >= 0.6 is 0 Å². The second-order valence-electron chi connectivity index (χ2n) is 4.52. The van der Waals surface area contributed by atoms with Gasteiger partial charge in [0.05, 0.1) is 20.0 Å². The molecular weight excluding hydrogens is 278 g/mol. The molecule has 0 aromatic heterocycles. The number of rotatable bonds is 6. The zero-order valence-electron chi connectivity index (χ0n) is 12.7. The molecule has 0 bridgehead atoms. The summed E-state index contributed by atoms with van der Waals surface area (Å²) in [5.74, 6) is 0.569. The summed E-state index contributed by atoms with van der Waals surface area (Å²) < 4.78 is 10.2. The minimum absolute atomic E-state index is 0.227. The van der Waals surface area contributed by atoms with E-state index < -0.39 is 0 Å². The highest BCUT2D eigenvalue weighted by atomic mass is 16.5. The monoisotopic (exact) mass is 297 g/mol. The lowest BCUT2D eigenvalue weighted by atomic mass is 10.0. The maximum Gasteiger partial charge on any atom is 0.251 e. The van der Waals surface area contributed by atoms with E-state index in [0.29, 0.717) is 6.61 Å². The number of carbonyl (C=O) groups excluding carboxylic acids is 1. The third-order valence-electron chi connectivity index (χ3n) is 3.07. The zero-order chi connectivity index (χ0) is 15.8. The van der Waals surface area contributed by atoms with Crippen LogP contribution < -0.4 is 10.1 Å². The summed E-state index contributed by atoms with van der Waals surface area (Å²) in [6, 6.07) is 15.3. The number of ether oxygens (including phenoxy) is 2. The Morgan fingerprint density at radius 1 is 1.14 bits per heavy atom. The van der Waals surface area contributed by atoms with Crippen LogP contribution in [0.1, 0.15) is 6.92 Å². The van der Waals surface area contributed by atoms with Gasteiger partial charge in [0.25, 0.3) is 5.91 Å². The van der Waals surface area contributed by atoms with Gasteiger partial charge in [0.1, 0.15) is 5.75 Å². The van der Waals surface area contributed by atoms with Crippen molar-refractivity contribution in [2.24, 2.45) is 0 Å². The minimum atomic E-state index is -0.227. The van der Waals surface area contributed by atoms with Gasteiger partial charge in [0, 0.05) is 17.3 Å². The van der Waals surface area contributed by atoms with Crippen LogP contribution in [0.4, 0.5) is 5.69 Å². The molecule has 2 rings (SSSR count). The molecule has 0 aliphatic heterocycles. The smallest absolute Gasteiger partial charge is 0.251 e. The highest BCUT2D eigenvalue weighted by molar-refractivity contribution is 6.01. The van der Waals surface area contributed by atoms with Crippen LogP contribution in [0.15, 0.2) is 60.9 Å². The maximum absolute atomic E-state index is 11.9. The molecule has 0 saturated carbocycles. The van der Waals surface area contributed by atoms with Crippen LogP contribution in [-0.2, 0) is 9.53 Å². The van der Waals surface area contributed by atoms with Crippen LogP contribution in [0.5, 0.6) is 5.75 Å². The van der Waals surface area contributed by atoms with E-state index >= 15 is 0 Å². The van der Waals surface area contributed by atoms with Crippen LogP contribution in [0.3, 0.4) is 0 Å². The molecule has 0 heterocycles. The number of methoxy groups -OCH3 is 1. The zero-order valence-corrected chi connectivity index (χ0v) is 12.7. The lowest BCUT2D eigenvalue weighted by molar-refractivity contribution is -0.112. The Bertz CT molecular complexity index is 648. The molecule has 0 radical (unpaired) electrons. The fourth-order valence-electron chi connectivity index (χ4n) is 1.99. The van der Waals surface area contributed by atoms with E-state index in [-0.39, 0.29) is 5.91 Å². The van der Waals surface area contributed by atoms with Gasteiger partial charge in [0.2, 0.25) is 0 Å². The van der Waals surface area contributed by atoms with E-state index in [2.05, 4.69) is 5.32 Å². The summed E-state index contributed by atoms with van der Waals surface area (Å²) in [7, 11) is 1.63. The highest BCUT2D eigenvalue weighted by Crippen LogP contribution is 2.29. The van der Waals surface area contributed by atoms with E-state index in [1.807, 2.05) is 55.5 Å². The first-order chi connectivity index (χ1) is 10.7. The summed E-state index contributed by atoms with van der Waals surface area (Å²) in [6.45, 7) is 2.40. The van der Waals surface area contributed by atoms with Gasteiger partial charge in [-0.25, -0.2) is 0 Å². The van der Waals surface area contributed by atoms with Crippen molar-refractivity contribution in [3.63, 3.8) is 0 Å². The van der Waals surface area contributed by atoms with Crippen LogP contribution in [0.25, 0.3) is 11.1 Å². The van der Waals surface area contributed by atoms with Crippen molar-refractivity contribution in [1.29, 1.82) is 0 Å². The van der Waals surface area contributed by atoms with Crippen molar-refractivity contribution >= 4 is 11.6 Å². The lowest BCUT2D eigenvalue weighted by Crippen LogP contribution is -2.09. The van der Waals surface area contributed by atoms with Crippen molar-refractivity contribution in [3.05, 3.63) is 60.9 Å². The molecule has 0 spiro atoms. The Morgan fingerprint density at radius 2 is 1.86 bits per heavy atom. The van der Waals surface area contributed by atoms with Gasteiger partial charge >= 0.3 is 0 Å². The second-order valence-corrected chi connectivity index (χ2v) is 4.52. The molecule has 114 valence electrons. The fraction of sp³-hybridized carbons (Fsp3) is 0.167. The highest BCUT2D eigenvalue weighted by Gasteiger charge is 2.06. The average molecular weight is 297 g/mol. The molecule has 1 N–H and O–H groups in total. The number of amides is 1. The Kier molecular flexibility index (Phi) is 5.60. The van der Waals surface area contributed by atoms with Gasteiger partial charge < -0.3 is 14.8 Å². The molecule has 4 heteroatoms. The number of benzene rings is 2. The number of hydrogen-bond acceptors (Lipinski definition) is 3. The van der Waals surface area contributed by atoms with Crippen molar-refractivity contribution in [3.8, 4) is 16.9 Å². The summed E-state index contributed by atoms with van der Waals surface area (Å²) in [4.78, 5) is 11.9. The first kappa shape index (κ1) is 15.6. The SMILES string of the molecule is CCOC=CC(=O)Nc1ccccc1-c1ccc(OC)cc1. The van der Waals surface area contributed by atoms with Crippen molar-refractivity contribution in [2.45, 2.75) is 6.92 Å². The Morgan fingerprint density at radius 3 is 2.55 bits per heavy atom. The predicted octanol–water partition coefficient (Wildman–Crippen LogP) is 3.85. The topological polar surface area (TPSA) is 47.6 Å². The second kappa shape index (κ2) is 7.88. The number of para-hydroxylation sites is 1. The molecule has 0 aliphatic rings. The first-order valence-electron chi connectivity index (χ1n) is 7.07. The molecule has 0 saturated heterocycles. The largest absolute Gasteiger partial charge is 0.501 e. The molecule has 0 fully saturated rings. The van der Waals surface area contributed by atoms with Gasteiger partial charge in [-0.1, -0.05) is 30.3 Å². The number of hydrogen-bond donors (Lipinski definition) is 1. The summed E-state index contributed by atoms with van der Waals surface area (Å²) in [6.07, 6.45) is 2.76. The molecule has 2 aromatic rings. The molecule has 2 aromatic carbocycles. The van der Waals surface area contributed by atoms with Crippen LogP contribution in [-0.4, -0.2) is 19.6 Å². The van der Waals surface area contributed by atoms with Gasteiger partial charge in [-0.15, -0.1) is 0 Å². The van der Waals surface area contributed by atoms with Gasteiger partial charge in [-0.3, -0.25) is 4.79 Å². The molecule has 1 amide bonds. The number of anilines is 1. The molecule has 0 unspecified atom stereocenters. The van der Waals surface area contributed by atoms with E-state index in [9.17, 15) is 4.79 Å². The Labute approximate surface area is 130 Å². The summed E-state index contributed by atoms with van der Waals surface area (Å²) in [5.41, 5.74) is 2.70. The van der Waals surface area contributed by atoms with Gasteiger partial charge in [-0.05, 0) is 30.7 Å². The minimum Gasteiger partial charge on any atom is -0.501 e. The normalized spacial score (nSPS) is 10.5. The molecule has 4 nitrogen and oxygen atoms in total. The summed E-state index contributed by atoms with van der Waals surface area (Å²) >= 11 is 0. The maximum atomic E-state index is 11.9. The molecular formula is C18H19NO3. The lowest BCUT2D eigenvalue weighted by Gasteiger charge is -2.10. The van der Waals surface area contributed by atoms with Crippen molar-refractivity contribution < 1.29 is 14.3 Å². The van der Waals surface area contributed by atoms with E-state index in [1.165, 1.54) is 12.3 Å². The van der Waals surface area contributed by atoms with Crippen LogP contribution in [0, 0.1) is 0 Å². The van der Waals surface area contributed by atoms with Crippen molar-refractivity contribution in [2.75, 3.05) is 19.0 Å². The first-order valence-corrected chi connectivity index (χ1v) is 7.07. The van der Waals surface area contributed by atoms with Crippen LogP contribution in [0.2, 0.25) is 0 Å². The standard InChI is InChI=1S/C18H19NO3/c1-3-22-13-12-18(20)19-17-7-5-4-6-16(17)14-8-10-15(21-2)11-9-14/h4-13H,3H2,1-2H3,(H,19,20). The van der Waals surface area contributed by atoms with Crippen molar-refractivity contribution in [1.82, 2.24) is 0 Å². The number of nitrogens with one attached hydrogen (secondary N) is 1. The fourth-order valence-corrected chi connectivity index (χ4v) is 1.99. The number of carbonyl (C=O) groups is 1. The Hall–Kier alpha value is -2.75. The average Bonchev–Trinajstić information content (AvgIpc) is 2.56.